The Morgan fingerprint density at radius 3 is 2.46 bits per heavy atom. The third-order valence-corrected chi connectivity index (χ3v) is 3.49. The molecule has 3 unspecified atom stereocenters. The Hall–Kier alpha value is -0.0800. The summed E-state index contributed by atoms with van der Waals surface area (Å²) in [4.78, 5) is 0. The first kappa shape index (κ1) is 11.0. The van der Waals surface area contributed by atoms with Crippen LogP contribution in [-0.4, -0.2) is 22.8 Å². The molecule has 13 heavy (non-hydrogen) atoms. The highest BCUT2D eigenvalue weighted by molar-refractivity contribution is 4.93. The molecule has 0 radical (unpaired) electrons. The number of hydrogen-bond acceptors (Lipinski definition) is 2. The van der Waals surface area contributed by atoms with Gasteiger partial charge in [-0.15, -0.1) is 0 Å². The highest BCUT2D eigenvalue weighted by Crippen LogP contribution is 2.27. The Morgan fingerprint density at radius 2 is 2.00 bits per heavy atom. The van der Waals surface area contributed by atoms with Crippen molar-refractivity contribution in [2.75, 3.05) is 0 Å². The van der Waals surface area contributed by atoms with Crippen LogP contribution < -0.4 is 5.32 Å². The quantitative estimate of drug-likeness (QED) is 0.689. The molecule has 0 bridgehead atoms. The monoisotopic (exact) mass is 185 g/mol. The van der Waals surface area contributed by atoms with Crippen LogP contribution in [0.5, 0.6) is 0 Å². The van der Waals surface area contributed by atoms with Crippen molar-refractivity contribution in [2.45, 2.75) is 64.6 Å². The van der Waals surface area contributed by atoms with Gasteiger partial charge in [-0.05, 0) is 32.6 Å². The summed E-state index contributed by atoms with van der Waals surface area (Å²) >= 11 is 0. The zero-order valence-corrected chi connectivity index (χ0v) is 9.30. The van der Waals surface area contributed by atoms with Gasteiger partial charge >= 0.3 is 0 Å². The van der Waals surface area contributed by atoms with Gasteiger partial charge in [0, 0.05) is 12.1 Å². The molecule has 1 heterocycles. The Bertz CT molecular complexity index is 165. The van der Waals surface area contributed by atoms with Gasteiger partial charge in [-0.3, -0.25) is 0 Å². The molecule has 2 N–H and O–H groups in total. The molecule has 0 aromatic rings. The van der Waals surface area contributed by atoms with Crippen LogP contribution in [0, 0.1) is 5.92 Å². The minimum Gasteiger partial charge on any atom is -0.388 e. The maximum absolute atomic E-state index is 10.3. The van der Waals surface area contributed by atoms with Crippen molar-refractivity contribution in [1.29, 1.82) is 0 Å². The fourth-order valence-corrected chi connectivity index (χ4v) is 2.00. The molecule has 1 fully saturated rings. The van der Waals surface area contributed by atoms with E-state index in [4.69, 9.17) is 0 Å². The summed E-state index contributed by atoms with van der Waals surface area (Å²) in [6, 6.07) is 0.834. The van der Waals surface area contributed by atoms with E-state index >= 15 is 0 Å². The van der Waals surface area contributed by atoms with E-state index < -0.39 is 5.60 Å². The molecule has 1 saturated heterocycles. The predicted octanol–water partition coefficient (Wildman–Crippen LogP) is 1.92. The molecule has 0 aromatic heterocycles. The lowest BCUT2D eigenvalue weighted by atomic mass is 9.80. The average molecular weight is 185 g/mol. The molecule has 0 aromatic carbocycles. The second-order valence-corrected chi connectivity index (χ2v) is 4.93. The van der Waals surface area contributed by atoms with Crippen molar-refractivity contribution in [3.05, 3.63) is 0 Å². The maximum Gasteiger partial charge on any atom is 0.0794 e. The van der Waals surface area contributed by atoms with E-state index in [1.54, 1.807) is 0 Å². The normalized spacial score (nSPS) is 34.6. The number of rotatable bonds is 2. The summed E-state index contributed by atoms with van der Waals surface area (Å²) in [6.07, 6.45) is 3.59. The van der Waals surface area contributed by atoms with Crippen LogP contribution in [0.1, 0.15) is 47.0 Å². The van der Waals surface area contributed by atoms with Gasteiger partial charge in [-0.25, -0.2) is 0 Å². The Labute approximate surface area is 81.7 Å². The van der Waals surface area contributed by atoms with E-state index in [0.29, 0.717) is 12.0 Å². The molecule has 0 saturated carbocycles. The first-order chi connectivity index (χ1) is 5.94. The van der Waals surface area contributed by atoms with Gasteiger partial charge in [0.25, 0.3) is 0 Å². The van der Waals surface area contributed by atoms with E-state index in [1.807, 2.05) is 6.92 Å². The summed E-state index contributed by atoms with van der Waals surface area (Å²) in [5, 5.41) is 13.8. The highest BCUT2D eigenvalue weighted by atomic mass is 16.3. The van der Waals surface area contributed by atoms with Crippen LogP contribution >= 0.6 is 0 Å². The van der Waals surface area contributed by atoms with E-state index in [1.165, 1.54) is 12.8 Å². The SMILES string of the molecule is CC1CCCC(C(C)(O)C(C)C)N1. The Kier molecular flexibility index (Phi) is 3.36. The third-order valence-electron chi connectivity index (χ3n) is 3.49. The molecule has 2 nitrogen and oxygen atoms in total. The molecule has 0 aliphatic carbocycles. The van der Waals surface area contributed by atoms with Crippen LogP contribution in [0.2, 0.25) is 0 Å². The van der Waals surface area contributed by atoms with Gasteiger partial charge in [0.1, 0.15) is 0 Å². The molecule has 3 atom stereocenters. The topological polar surface area (TPSA) is 32.3 Å². The van der Waals surface area contributed by atoms with Crippen molar-refractivity contribution >= 4 is 0 Å². The molecule has 2 heteroatoms. The van der Waals surface area contributed by atoms with Crippen molar-refractivity contribution < 1.29 is 5.11 Å². The van der Waals surface area contributed by atoms with Crippen LogP contribution in [0.3, 0.4) is 0 Å². The fourth-order valence-electron chi connectivity index (χ4n) is 2.00. The van der Waals surface area contributed by atoms with E-state index in [0.717, 1.165) is 6.42 Å². The molecular formula is C11H23NO. The molecule has 1 aliphatic rings. The van der Waals surface area contributed by atoms with Crippen LogP contribution in [0.4, 0.5) is 0 Å². The van der Waals surface area contributed by atoms with E-state index in [2.05, 4.69) is 26.1 Å². The number of piperidine rings is 1. The second kappa shape index (κ2) is 3.97. The lowest BCUT2D eigenvalue weighted by Crippen LogP contribution is -2.56. The average Bonchev–Trinajstić information content (AvgIpc) is 2.04. The van der Waals surface area contributed by atoms with Crippen molar-refractivity contribution in [3.8, 4) is 0 Å². The number of nitrogens with one attached hydrogen (secondary N) is 1. The largest absolute Gasteiger partial charge is 0.388 e. The van der Waals surface area contributed by atoms with E-state index in [9.17, 15) is 5.11 Å². The first-order valence-electron chi connectivity index (χ1n) is 5.43. The van der Waals surface area contributed by atoms with Gasteiger partial charge < -0.3 is 10.4 Å². The summed E-state index contributed by atoms with van der Waals surface area (Å²) in [6.45, 7) is 8.32. The maximum atomic E-state index is 10.3. The summed E-state index contributed by atoms with van der Waals surface area (Å²) < 4.78 is 0. The molecule has 78 valence electrons. The minimum absolute atomic E-state index is 0.274. The van der Waals surface area contributed by atoms with Crippen LogP contribution in [-0.2, 0) is 0 Å². The van der Waals surface area contributed by atoms with Crippen LogP contribution in [0.15, 0.2) is 0 Å². The minimum atomic E-state index is -0.561. The zero-order chi connectivity index (χ0) is 10.1. The first-order valence-corrected chi connectivity index (χ1v) is 5.43. The van der Waals surface area contributed by atoms with Gasteiger partial charge in [0.2, 0.25) is 0 Å². The lowest BCUT2D eigenvalue weighted by molar-refractivity contribution is -0.0346. The van der Waals surface area contributed by atoms with Crippen LogP contribution in [0.25, 0.3) is 0 Å². The highest BCUT2D eigenvalue weighted by Gasteiger charge is 2.36. The molecule has 1 aliphatic heterocycles. The predicted molar refractivity (Wildman–Crippen MR) is 55.7 cm³/mol. The van der Waals surface area contributed by atoms with Crippen molar-refractivity contribution in [3.63, 3.8) is 0 Å². The molecule has 1 rings (SSSR count). The van der Waals surface area contributed by atoms with Gasteiger partial charge in [0.05, 0.1) is 5.60 Å². The van der Waals surface area contributed by atoms with Crippen molar-refractivity contribution in [2.24, 2.45) is 5.92 Å². The van der Waals surface area contributed by atoms with E-state index in [-0.39, 0.29) is 6.04 Å². The lowest BCUT2D eigenvalue weighted by Gasteiger charge is -2.41. The molecule has 0 amide bonds. The Balaban J connectivity index is 2.59. The van der Waals surface area contributed by atoms with Gasteiger partial charge in [-0.1, -0.05) is 20.3 Å². The Morgan fingerprint density at radius 1 is 1.38 bits per heavy atom. The standard InChI is InChI=1S/C11H23NO/c1-8(2)11(4,13)10-7-5-6-9(3)12-10/h8-10,12-13H,5-7H2,1-4H3. The second-order valence-electron chi connectivity index (χ2n) is 4.93. The summed E-state index contributed by atoms with van der Waals surface area (Å²) in [5.74, 6) is 0.315. The van der Waals surface area contributed by atoms with Crippen molar-refractivity contribution in [1.82, 2.24) is 5.32 Å². The fraction of sp³-hybridized carbons (Fsp3) is 1.00. The molecular weight excluding hydrogens is 162 g/mol. The summed E-state index contributed by atoms with van der Waals surface area (Å²) in [5.41, 5.74) is -0.561. The zero-order valence-electron chi connectivity index (χ0n) is 9.30. The summed E-state index contributed by atoms with van der Waals surface area (Å²) in [7, 11) is 0. The van der Waals surface area contributed by atoms with Gasteiger partial charge in [-0.2, -0.15) is 0 Å². The number of hydrogen-bond donors (Lipinski definition) is 2. The third kappa shape index (κ3) is 2.44. The van der Waals surface area contributed by atoms with Gasteiger partial charge in [0.15, 0.2) is 0 Å². The molecule has 0 spiro atoms. The smallest absolute Gasteiger partial charge is 0.0794 e. The number of aliphatic hydroxyl groups is 1.